The number of imidazole rings is 1. The lowest BCUT2D eigenvalue weighted by molar-refractivity contribution is -0.0298. The second-order valence-corrected chi connectivity index (χ2v) is 5.83. The van der Waals surface area contributed by atoms with Crippen LogP contribution < -0.4 is 5.32 Å². The van der Waals surface area contributed by atoms with Gasteiger partial charge in [0, 0.05) is 12.6 Å². The van der Waals surface area contributed by atoms with Crippen LogP contribution in [-0.2, 0) is 4.74 Å². The van der Waals surface area contributed by atoms with Gasteiger partial charge in [0.15, 0.2) is 17.0 Å². The smallest absolute Gasteiger partial charge is 0.167 e. The molecule has 0 spiro atoms. The predicted molar refractivity (Wildman–Crippen MR) is 76.8 cm³/mol. The fourth-order valence-corrected chi connectivity index (χ4v) is 3.01. The topological polar surface area (TPSA) is 85.1 Å². The van der Waals surface area contributed by atoms with Crippen LogP contribution in [-0.4, -0.2) is 43.4 Å². The third kappa shape index (κ3) is 2.36. The molecule has 0 bridgehead atoms. The molecular formula is C14H19N5O2. The molecule has 1 aliphatic heterocycles. The van der Waals surface area contributed by atoms with Gasteiger partial charge in [-0.3, -0.25) is 4.57 Å². The summed E-state index contributed by atoms with van der Waals surface area (Å²) in [4.78, 5) is 13.1. The van der Waals surface area contributed by atoms with Gasteiger partial charge in [0.1, 0.15) is 12.6 Å². The molecule has 1 atom stereocenters. The average molecular weight is 289 g/mol. The molecule has 2 aromatic rings. The third-order valence-corrected chi connectivity index (χ3v) is 4.28. The summed E-state index contributed by atoms with van der Waals surface area (Å²) in [6.45, 7) is 0.792. The molecular weight excluding hydrogens is 270 g/mol. The van der Waals surface area contributed by atoms with E-state index in [1.165, 1.54) is 6.42 Å². The maximum atomic E-state index is 9.37. The molecule has 0 radical (unpaired) electrons. The van der Waals surface area contributed by atoms with Gasteiger partial charge in [-0.05, 0) is 32.1 Å². The zero-order chi connectivity index (χ0) is 14.2. The van der Waals surface area contributed by atoms with Crippen molar-refractivity contribution in [3.63, 3.8) is 0 Å². The van der Waals surface area contributed by atoms with Crippen LogP contribution in [0.15, 0.2) is 12.7 Å². The number of fused-ring (bicyclic) bond motifs is 1. The molecule has 1 saturated carbocycles. The predicted octanol–water partition coefficient (Wildman–Crippen LogP) is 1.46. The molecule has 2 fully saturated rings. The van der Waals surface area contributed by atoms with Gasteiger partial charge in [0.2, 0.25) is 0 Å². The number of aliphatic hydroxyl groups excluding tert-OH is 1. The Hall–Kier alpha value is -1.73. The average Bonchev–Trinajstić information content (AvgIpc) is 2.91. The molecule has 7 nitrogen and oxygen atoms in total. The number of aliphatic hydroxyl groups is 1. The van der Waals surface area contributed by atoms with Crippen molar-refractivity contribution in [2.24, 2.45) is 0 Å². The van der Waals surface area contributed by atoms with E-state index in [2.05, 4.69) is 20.3 Å². The molecule has 1 unspecified atom stereocenters. The van der Waals surface area contributed by atoms with E-state index in [1.807, 2.05) is 4.57 Å². The number of rotatable bonds is 3. The van der Waals surface area contributed by atoms with Crippen molar-refractivity contribution in [1.82, 2.24) is 19.5 Å². The van der Waals surface area contributed by atoms with Gasteiger partial charge in [-0.15, -0.1) is 0 Å². The van der Waals surface area contributed by atoms with Gasteiger partial charge in [0.05, 0.1) is 12.4 Å². The molecule has 2 aromatic heterocycles. The van der Waals surface area contributed by atoms with Gasteiger partial charge in [-0.2, -0.15) is 0 Å². The first-order valence-electron chi connectivity index (χ1n) is 7.55. The Labute approximate surface area is 122 Å². The summed E-state index contributed by atoms with van der Waals surface area (Å²) in [5, 5.41) is 12.7. The Morgan fingerprint density at radius 3 is 2.90 bits per heavy atom. The van der Waals surface area contributed by atoms with Gasteiger partial charge in [-0.1, -0.05) is 0 Å². The number of hydrogen-bond acceptors (Lipinski definition) is 6. The minimum Gasteiger partial charge on any atom is -0.393 e. The Morgan fingerprint density at radius 2 is 2.14 bits per heavy atom. The van der Waals surface area contributed by atoms with Crippen LogP contribution in [0.5, 0.6) is 0 Å². The standard InChI is InChI=1S/C14H19N5O2/c20-10-5-9(6-10)18-13-12-14(16-7-15-13)19(8-17-12)11-3-1-2-4-21-11/h7-11,20H,1-6H2,(H,15,16,18). The van der Waals surface area contributed by atoms with Gasteiger partial charge < -0.3 is 15.2 Å². The van der Waals surface area contributed by atoms with Crippen molar-refractivity contribution in [3.05, 3.63) is 12.7 Å². The fraction of sp³-hybridized carbons (Fsp3) is 0.643. The number of aromatic nitrogens is 4. The van der Waals surface area contributed by atoms with Crippen molar-refractivity contribution < 1.29 is 9.84 Å². The Balaban J connectivity index is 1.62. The lowest BCUT2D eigenvalue weighted by atomic mass is 9.89. The molecule has 0 aromatic carbocycles. The van der Waals surface area contributed by atoms with E-state index in [0.29, 0.717) is 0 Å². The van der Waals surface area contributed by atoms with Crippen LogP contribution in [0.25, 0.3) is 11.2 Å². The molecule has 112 valence electrons. The van der Waals surface area contributed by atoms with Gasteiger partial charge in [0.25, 0.3) is 0 Å². The Bertz CT molecular complexity index is 631. The van der Waals surface area contributed by atoms with Crippen LogP contribution in [0.3, 0.4) is 0 Å². The maximum Gasteiger partial charge on any atom is 0.167 e. The minimum atomic E-state index is -0.187. The Morgan fingerprint density at radius 1 is 1.24 bits per heavy atom. The molecule has 7 heteroatoms. The van der Waals surface area contributed by atoms with Gasteiger partial charge >= 0.3 is 0 Å². The fourth-order valence-electron chi connectivity index (χ4n) is 3.01. The molecule has 2 N–H and O–H groups in total. The van der Waals surface area contributed by atoms with Crippen LogP contribution in [0.2, 0.25) is 0 Å². The van der Waals surface area contributed by atoms with Crippen LogP contribution in [0.4, 0.5) is 5.82 Å². The molecule has 3 heterocycles. The number of nitrogens with one attached hydrogen (secondary N) is 1. The van der Waals surface area contributed by atoms with E-state index < -0.39 is 0 Å². The molecule has 2 aliphatic rings. The number of nitrogens with zero attached hydrogens (tertiary/aromatic N) is 4. The van der Waals surface area contributed by atoms with E-state index in [0.717, 1.165) is 49.3 Å². The first-order chi connectivity index (χ1) is 10.3. The zero-order valence-electron chi connectivity index (χ0n) is 11.8. The summed E-state index contributed by atoms with van der Waals surface area (Å²) in [5.74, 6) is 0.742. The highest BCUT2D eigenvalue weighted by molar-refractivity contribution is 5.82. The maximum absolute atomic E-state index is 9.37. The number of anilines is 1. The van der Waals surface area contributed by atoms with E-state index >= 15 is 0 Å². The van der Waals surface area contributed by atoms with Crippen molar-refractivity contribution in [2.45, 2.75) is 50.5 Å². The third-order valence-electron chi connectivity index (χ3n) is 4.28. The monoisotopic (exact) mass is 289 g/mol. The van der Waals surface area contributed by atoms with Crippen LogP contribution >= 0.6 is 0 Å². The molecule has 1 aliphatic carbocycles. The highest BCUT2D eigenvalue weighted by atomic mass is 16.5. The summed E-state index contributed by atoms with van der Waals surface area (Å²) in [7, 11) is 0. The van der Waals surface area contributed by atoms with E-state index in [4.69, 9.17) is 4.74 Å². The molecule has 21 heavy (non-hydrogen) atoms. The van der Waals surface area contributed by atoms with E-state index in [-0.39, 0.29) is 18.4 Å². The van der Waals surface area contributed by atoms with Crippen molar-refractivity contribution in [2.75, 3.05) is 11.9 Å². The summed E-state index contributed by atoms with van der Waals surface area (Å²) in [5.41, 5.74) is 1.58. The van der Waals surface area contributed by atoms with Crippen LogP contribution in [0.1, 0.15) is 38.3 Å². The van der Waals surface area contributed by atoms with Crippen molar-refractivity contribution in [3.8, 4) is 0 Å². The molecule has 1 saturated heterocycles. The first-order valence-corrected chi connectivity index (χ1v) is 7.55. The van der Waals surface area contributed by atoms with Crippen molar-refractivity contribution in [1.29, 1.82) is 0 Å². The largest absolute Gasteiger partial charge is 0.393 e. The minimum absolute atomic E-state index is 0.0250. The summed E-state index contributed by atoms with van der Waals surface area (Å²) >= 11 is 0. The van der Waals surface area contributed by atoms with Crippen LogP contribution in [0, 0.1) is 0 Å². The highest BCUT2D eigenvalue weighted by Gasteiger charge is 2.28. The van der Waals surface area contributed by atoms with Crippen molar-refractivity contribution >= 4 is 17.0 Å². The zero-order valence-corrected chi connectivity index (χ0v) is 11.8. The second-order valence-electron chi connectivity index (χ2n) is 5.83. The van der Waals surface area contributed by atoms with E-state index in [9.17, 15) is 5.11 Å². The summed E-state index contributed by atoms with van der Waals surface area (Å²) < 4.78 is 7.80. The number of hydrogen-bond donors (Lipinski definition) is 2. The van der Waals surface area contributed by atoms with E-state index in [1.54, 1.807) is 12.7 Å². The molecule has 4 rings (SSSR count). The Kier molecular flexibility index (Phi) is 3.23. The SMILES string of the molecule is OC1CC(Nc2ncnc3c2ncn3C2CCCCO2)C1. The number of ether oxygens (including phenoxy) is 1. The second kappa shape index (κ2) is 5.23. The normalized spacial score (nSPS) is 29.3. The molecule has 0 amide bonds. The lowest BCUT2D eigenvalue weighted by Gasteiger charge is -2.32. The summed E-state index contributed by atoms with van der Waals surface area (Å²) in [6.07, 6.45) is 7.99. The quantitative estimate of drug-likeness (QED) is 0.890. The summed E-state index contributed by atoms with van der Waals surface area (Å²) in [6, 6.07) is 0.272. The first kappa shape index (κ1) is 13.0. The highest BCUT2D eigenvalue weighted by Crippen LogP contribution is 2.29. The van der Waals surface area contributed by atoms with Gasteiger partial charge in [-0.25, -0.2) is 15.0 Å². The lowest BCUT2D eigenvalue weighted by Crippen LogP contribution is -2.39.